The van der Waals surface area contributed by atoms with Crippen LogP contribution in [0.2, 0.25) is 0 Å². The number of halogens is 2. The average molecular weight is 439 g/mol. The predicted octanol–water partition coefficient (Wildman–Crippen LogP) is 0.859. The molecule has 0 aliphatic carbocycles. The third-order valence-electron chi connectivity index (χ3n) is 6.08. The highest BCUT2D eigenvalue weighted by Crippen LogP contribution is 2.23. The maximum atomic E-state index is 12.6. The SMILES string of the molecule is CC(CC(=O)N1CCN(C(=O)CN2CCOCC2)CC1)C1CCCNC1.Cl.Cl. The van der Waals surface area contributed by atoms with E-state index in [9.17, 15) is 9.59 Å². The minimum atomic E-state index is 0. The van der Waals surface area contributed by atoms with Gasteiger partial charge in [-0.05, 0) is 37.8 Å². The highest BCUT2D eigenvalue weighted by Gasteiger charge is 2.28. The van der Waals surface area contributed by atoms with Crippen LogP contribution in [-0.4, -0.2) is 98.6 Å². The smallest absolute Gasteiger partial charge is 0.236 e. The first-order valence-electron chi connectivity index (χ1n) is 10.2. The van der Waals surface area contributed by atoms with Gasteiger partial charge in [0.1, 0.15) is 0 Å². The summed E-state index contributed by atoms with van der Waals surface area (Å²) in [5, 5.41) is 3.44. The number of nitrogens with one attached hydrogen (secondary N) is 1. The largest absolute Gasteiger partial charge is 0.379 e. The van der Waals surface area contributed by atoms with Crippen LogP contribution in [0.1, 0.15) is 26.2 Å². The van der Waals surface area contributed by atoms with Gasteiger partial charge in [-0.1, -0.05) is 6.92 Å². The molecule has 0 aromatic rings. The van der Waals surface area contributed by atoms with E-state index in [0.29, 0.717) is 64.2 Å². The van der Waals surface area contributed by atoms with Crippen LogP contribution in [0.4, 0.5) is 0 Å². The lowest BCUT2D eigenvalue weighted by atomic mass is 9.85. The van der Waals surface area contributed by atoms with E-state index >= 15 is 0 Å². The monoisotopic (exact) mass is 438 g/mol. The van der Waals surface area contributed by atoms with Gasteiger partial charge in [0.2, 0.25) is 11.8 Å². The molecule has 0 aromatic heterocycles. The lowest BCUT2D eigenvalue weighted by Gasteiger charge is -2.37. The van der Waals surface area contributed by atoms with E-state index in [0.717, 1.165) is 26.2 Å². The molecule has 0 saturated carbocycles. The Hall–Kier alpha value is -0.600. The molecule has 1 N–H and O–H groups in total. The summed E-state index contributed by atoms with van der Waals surface area (Å²) in [6.07, 6.45) is 3.08. The Kier molecular flexibility index (Phi) is 11.7. The lowest BCUT2D eigenvalue weighted by Crippen LogP contribution is -2.53. The van der Waals surface area contributed by atoms with Crippen molar-refractivity contribution in [3.05, 3.63) is 0 Å². The number of morpholine rings is 1. The second-order valence-electron chi connectivity index (χ2n) is 7.94. The standard InChI is InChI=1S/C19H34N4O3.2ClH/c1-16(17-3-2-4-20-14-17)13-18(24)22-5-7-23(8-6-22)19(25)15-21-9-11-26-12-10-21;;/h16-17,20H,2-15H2,1H3;2*1H. The number of carbonyl (C=O) groups is 2. The third kappa shape index (κ3) is 7.34. The van der Waals surface area contributed by atoms with Gasteiger partial charge in [0, 0.05) is 45.7 Å². The number of hydrogen-bond acceptors (Lipinski definition) is 5. The molecule has 164 valence electrons. The summed E-state index contributed by atoms with van der Waals surface area (Å²) < 4.78 is 5.33. The van der Waals surface area contributed by atoms with Crippen molar-refractivity contribution in [1.29, 1.82) is 0 Å². The average Bonchev–Trinajstić information content (AvgIpc) is 2.69. The van der Waals surface area contributed by atoms with Crippen molar-refractivity contribution in [2.45, 2.75) is 26.2 Å². The van der Waals surface area contributed by atoms with E-state index in [1.165, 1.54) is 12.8 Å². The highest BCUT2D eigenvalue weighted by molar-refractivity contribution is 5.85. The Labute approximate surface area is 181 Å². The summed E-state index contributed by atoms with van der Waals surface area (Å²) in [6, 6.07) is 0. The fourth-order valence-electron chi connectivity index (χ4n) is 4.19. The number of hydrogen-bond donors (Lipinski definition) is 1. The van der Waals surface area contributed by atoms with Crippen LogP contribution in [0.3, 0.4) is 0 Å². The van der Waals surface area contributed by atoms with Crippen molar-refractivity contribution in [1.82, 2.24) is 20.0 Å². The van der Waals surface area contributed by atoms with Gasteiger partial charge in [-0.15, -0.1) is 24.8 Å². The molecule has 3 aliphatic heterocycles. The zero-order chi connectivity index (χ0) is 18.4. The van der Waals surface area contributed by atoms with Gasteiger partial charge in [-0.25, -0.2) is 0 Å². The Bertz CT molecular complexity index is 478. The summed E-state index contributed by atoms with van der Waals surface area (Å²) in [6.45, 7) is 10.6. The van der Waals surface area contributed by atoms with Gasteiger partial charge in [0.15, 0.2) is 0 Å². The van der Waals surface area contributed by atoms with Gasteiger partial charge in [0.05, 0.1) is 19.8 Å². The normalized spacial score (nSPS) is 24.7. The first kappa shape index (κ1) is 25.4. The summed E-state index contributed by atoms with van der Waals surface area (Å²) in [7, 11) is 0. The van der Waals surface area contributed by atoms with Crippen LogP contribution in [0.15, 0.2) is 0 Å². The summed E-state index contributed by atoms with van der Waals surface area (Å²) in [5.41, 5.74) is 0. The minimum Gasteiger partial charge on any atom is -0.379 e. The Morgan fingerprint density at radius 3 is 2.18 bits per heavy atom. The van der Waals surface area contributed by atoms with Crippen molar-refractivity contribution >= 4 is 36.6 Å². The second-order valence-corrected chi connectivity index (χ2v) is 7.94. The molecule has 0 spiro atoms. The molecule has 3 fully saturated rings. The molecule has 28 heavy (non-hydrogen) atoms. The number of ether oxygens (including phenoxy) is 1. The topological polar surface area (TPSA) is 65.1 Å². The molecule has 3 rings (SSSR count). The van der Waals surface area contributed by atoms with Gasteiger partial charge in [0.25, 0.3) is 0 Å². The van der Waals surface area contributed by atoms with Crippen LogP contribution in [0.5, 0.6) is 0 Å². The van der Waals surface area contributed by atoms with Crippen LogP contribution in [0.25, 0.3) is 0 Å². The van der Waals surface area contributed by atoms with E-state index < -0.39 is 0 Å². The molecule has 2 atom stereocenters. The molecule has 0 radical (unpaired) electrons. The maximum absolute atomic E-state index is 12.6. The lowest BCUT2D eigenvalue weighted by molar-refractivity contribution is -0.141. The molecule has 9 heteroatoms. The molecule has 2 unspecified atom stereocenters. The van der Waals surface area contributed by atoms with Gasteiger partial charge < -0.3 is 19.9 Å². The van der Waals surface area contributed by atoms with Crippen molar-refractivity contribution in [2.75, 3.05) is 72.1 Å². The summed E-state index contributed by atoms with van der Waals surface area (Å²) in [4.78, 5) is 31.1. The second kappa shape index (κ2) is 12.9. The van der Waals surface area contributed by atoms with Crippen molar-refractivity contribution in [2.24, 2.45) is 11.8 Å². The van der Waals surface area contributed by atoms with Crippen LogP contribution < -0.4 is 5.32 Å². The first-order valence-corrected chi connectivity index (χ1v) is 10.2. The van der Waals surface area contributed by atoms with E-state index in [1.807, 2.05) is 9.80 Å². The van der Waals surface area contributed by atoms with Crippen LogP contribution >= 0.6 is 24.8 Å². The first-order chi connectivity index (χ1) is 12.6. The molecule has 3 aliphatic rings. The van der Waals surface area contributed by atoms with E-state index in [4.69, 9.17) is 4.74 Å². The molecule has 7 nitrogen and oxygen atoms in total. The quantitative estimate of drug-likeness (QED) is 0.689. The number of nitrogens with zero attached hydrogens (tertiary/aromatic N) is 3. The maximum Gasteiger partial charge on any atom is 0.236 e. The Morgan fingerprint density at radius 1 is 1.00 bits per heavy atom. The van der Waals surface area contributed by atoms with Crippen molar-refractivity contribution in [3.63, 3.8) is 0 Å². The molecule has 0 bridgehead atoms. The summed E-state index contributed by atoms with van der Waals surface area (Å²) in [5.74, 6) is 1.48. The van der Waals surface area contributed by atoms with Gasteiger partial charge in [-0.3, -0.25) is 14.5 Å². The Balaban J connectivity index is 0.00000196. The molecule has 2 amide bonds. The van der Waals surface area contributed by atoms with Crippen LogP contribution in [0, 0.1) is 11.8 Å². The number of piperidine rings is 1. The fraction of sp³-hybridized carbons (Fsp3) is 0.895. The zero-order valence-corrected chi connectivity index (χ0v) is 18.6. The molecular formula is C19H36Cl2N4O3. The molecule has 3 heterocycles. The van der Waals surface area contributed by atoms with Gasteiger partial charge >= 0.3 is 0 Å². The van der Waals surface area contributed by atoms with E-state index in [2.05, 4.69) is 17.1 Å². The third-order valence-corrected chi connectivity index (χ3v) is 6.08. The molecule has 3 saturated heterocycles. The number of piperazine rings is 1. The van der Waals surface area contributed by atoms with Crippen LogP contribution in [-0.2, 0) is 14.3 Å². The van der Waals surface area contributed by atoms with Crippen molar-refractivity contribution < 1.29 is 14.3 Å². The van der Waals surface area contributed by atoms with E-state index in [1.54, 1.807) is 0 Å². The fourth-order valence-corrected chi connectivity index (χ4v) is 4.19. The Morgan fingerprint density at radius 2 is 1.61 bits per heavy atom. The minimum absolute atomic E-state index is 0. The van der Waals surface area contributed by atoms with Crippen molar-refractivity contribution in [3.8, 4) is 0 Å². The molecule has 0 aromatic carbocycles. The predicted molar refractivity (Wildman–Crippen MR) is 114 cm³/mol. The number of rotatable bonds is 5. The number of carbonyl (C=O) groups excluding carboxylic acids is 2. The summed E-state index contributed by atoms with van der Waals surface area (Å²) >= 11 is 0. The molecular weight excluding hydrogens is 403 g/mol. The van der Waals surface area contributed by atoms with Gasteiger partial charge in [-0.2, -0.15) is 0 Å². The highest BCUT2D eigenvalue weighted by atomic mass is 35.5. The van der Waals surface area contributed by atoms with E-state index in [-0.39, 0.29) is 36.6 Å². The number of amides is 2. The zero-order valence-electron chi connectivity index (χ0n) is 16.9.